The van der Waals surface area contributed by atoms with E-state index in [4.69, 9.17) is 23.7 Å². The number of carbonyl (C=O) groups excluding carboxylic acids is 1. The van der Waals surface area contributed by atoms with E-state index in [1.807, 2.05) is 6.07 Å². The Bertz CT molecular complexity index is 1130. The van der Waals surface area contributed by atoms with Gasteiger partial charge in [-0.2, -0.15) is 0 Å². The van der Waals surface area contributed by atoms with Crippen molar-refractivity contribution in [1.29, 1.82) is 0 Å². The molecular weight excluding hydrogens is 424 g/mol. The summed E-state index contributed by atoms with van der Waals surface area (Å²) >= 11 is 0. The van der Waals surface area contributed by atoms with Crippen LogP contribution in [0.2, 0.25) is 0 Å². The van der Waals surface area contributed by atoms with Gasteiger partial charge in [-0.3, -0.25) is 4.79 Å². The van der Waals surface area contributed by atoms with Crippen LogP contribution in [0.3, 0.4) is 0 Å². The Hall–Kier alpha value is -4.20. The molecular formula is C25H26N2O6. The molecule has 0 saturated heterocycles. The molecule has 1 heterocycles. The molecule has 0 aliphatic rings. The maximum Gasteiger partial charge on any atom is 0.203 e. The Morgan fingerprint density at radius 2 is 1.48 bits per heavy atom. The standard InChI is InChI=1S/C25H26N2O6/c1-29-20-11-9-16(13-21(20)30-2)8-10-19(28)18-7-6-12-26-25(18)27-17-14-22(31-3)24(33-5)23(15-17)32-4/h6-15H,1-5H3,(H,26,27)/b10-8+. The minimum absolute atomic E-state index is 0.215. The maximum absolute atomic E-state index is 13.0. The molecule has 0 atom stereocenters. The number of hydrogen-bond donors (Lipinski definition) is 1. The maximum atomic E-state index is 13.0. The van der Waals surface area contributed by atoms with Crippen LogP contribution in [0.15, 0.2) is 54.7 Å². The summed E-state index contributed by atoms with van der Waals surface area (Å²) in [6, 6.07) is 12.3. The van der Waals surface area contributed by atoms with Gasteiger partial charge in [0.15, 0.2) is 28.8 Å². The molecule has 33 heavy (non-hydrogen) atoms. The van der Waals surface area contributed by atoms with Crippen LogP contribution in [0.25, 0.3) is 6.08 Å². The van der Waals surface area contributed by atoms with Crippen molar-refractivity contribution in [2.24, 2.45) is 0 Å². The molecule has 0 aliphatic carbocycles. The van der Waals surface area contributed by atoms with Gasteiger partial charge in [-0.1, -0.05) is 12.1 Å². The van der Waals surface area contributed by atoms with Gasteiger partial charge in [0, 0.05) is 24.0 Å². The quantitative estimate of drug-likeness (QED) is 0.349. The number of ether oxygens (including phenoxy) is 5. The molecule has 0 bridgehead atoms. The zero-order chi connectivity index (χ0) is 23.8. The molecule has 3 aromatic rings. The van der Waals surface area contributed by atoms with Crippen LogP contribution < -0.4 is 29.0 Å². The Morgan fingerprint density at radius 1 is 0.818 bits per heavy atom. The first-order chi connectivity index (χ1) is 16.0. The summed E-state index contributed by atoms with van der Waals surface area (Å²) in [4.78, 5) is 17.3. The number of ketones is 1. The van der Waals surface area contributed by atoms with Crippen molar-refractivity contribution >= 4 is 23.4 Å². The third-order valence-electron chi connectivity index (χ3n) is 4.84. The number of hydrogen-bond acceptors (Lipinski definition) is 8. The first-order valence-corrected chi connectivity index (χ1v) is 10.0. The van der Waals surface area contributed by atoms with E-state index in [1.165, 1.54) is 27.4 Å². The molecule has 0 fully saturated rings. The number of methoxy groups -OCH3 is 5. The predicted octanol–water partition coefficient (Wildman–Crippen LogP) is 4.76. The van der Waals surface area contributed by atoms with Crippen LogP contribution in [0.1, 0.15) is 15.9 Å². The van der Waals surface area contributed by atoms with E-state index in [1.54, 1.807) is 62.9 Å². The van der Waals surface area contributed by atoms with Crippen molar-refractivity contribution < 1.29 is 28.5 Å². The van der Waals surface area contributed by atoms with Crippen LogP contribution >= 0.6 is 0 Å². The molecule has 8 heteroatoms. The number of rotatable bonds is 10. The lowest BCUT2D eigenvalue weighted by molar-refractivity contribution is 0.104. The largest absolute Gasteiger partial charge is 0.493 e. The van der Waals surface area contributed by atoms with Gasteiger partial charge in [-0.15, -0.1) is 0 Å². The third-order valence-corrected chi connectivity index (χ3v) is 4.84. The summed E-state index contributed by atoms with van der Waals surface area (Å²) in [5.74, 6) is 2.82. The van der Waals surface area contributed by atoms with Gasteiger partial charge in [0.2, 0.25) is 5.75 Å². The summed E-state index contributed by atoms with van der Waals surface area (Å²) in [6.45, 7) is 0. The van der Waals surface area contributed by atoms with Crippen LogP contribution in [0.4, 0.5) is 11.5 Å². The smallest absolute Gasteiger partial charge is 0.203 e. The summed E-state index contributed by atoms with van der Waals surface area (Å²) in [7, 11) is 7.74. The highest BCUT2D eigenvalue weighted by Crippen LogP contribution is 2.40. The molecule has 0 radical (unpaired) electrons. The van der Waals surface area contributed by atoms with Gasteiger partial charge >= 0.3 is 0 Å². The minimum Gasteiger partial charge on any atom is -0.493 e. The third kappa shape index (κ3) is 5.35. The fraction of sp³-hybridized carbons (Fsp3) is 0.200. The average molecular weight is 450 g/mol. The van der Waals surface area contributed by atoms with E-state index in [2.05, 4.69) is 10.3 Å². The molecule has 2 aromatic carbocycles. The Balaban J connectivity index is 1.88. The average Bonchev–Trinajstić information content (AvgIpc) is 2.86. The number of nitrogens with one attached hydrogen (secondary N) is 1. The number of anilines is 2. The van der Waals surface area contributed by atoms with Gasteiger partial charge < -0.3 is 29.0 Å². The second-order valence-electron chi connectivity index (χ2n) is 6.75. The number of allylic oxidation sites excluding steroid dienone is 1. The lowest BCUT2D eigenvalue weighted by Crippen LogP contribution is -2.04. The summed E-state index contributed by atoms with van der Waals surface area (Å²) in [5, 5.41) is 3.17. The van der Waals surface area contributed by atoms with Gasteiger partial charge in [-0.05, 0) is 35.9 Å². The van der Waals surface area contributed by atoms with E-state index in [0.29, 0.717) is 45.8 Å². The normalized spacial score (nSPS) is 10.6. The summed E-state index contributed by atoms with van der Waals surface area (Å²) < 4.78 is 26.7. The molecule has 0 amide bonds. The minimum atomic E-state index is -0.215. The van der Waals surface area contributed by atoms with Crippen molar-refractivity contribution in [1.82, 2.24) is 4.98 Å². The highest BCUT2D eigenvalue weighted by atomic mass is 16.5. The van der Waals surface area contributed by atoms with Crippen molar-refractivity contribution in [2.45, 2.75) is 0 Å². The highest BCUT2D eigenvalue weighted by molar-refractivity contribution is 6.10. The number of pyridine rings is 1. The second-order valence-corrected chi connectivity index (χ2v) is 6.75. The first-order valence-electron chi connectivity index (χ1n) is 10.0. The van der Waals surface area contributed by atoms with Crippen molar-refractivity contribution in [3.8, 4) is 28.7 Å². The fourth-order valence-electron chi connectivity index (χ4n) is 3.21. The van der Waals surface area contributed by atoms with Crippen molar-refractivity contribution in [3.63, 3.8) is 0 Å². The van der Waals surface area contributed by atoms with Crippen LogP contribution in [0, 0.1) is 0 Å². The van der Waals surface area contributed by atoms with E-state index >= 15 is 0 Å². The molecule has 3 rings (SSSR count). The zero-order valence-corrected chi connectivity index (χ0v) is 19.2. The number of nitrogens with zero attached hydrogens (tertiary/aromatic N) is 1. The number of benzene rings is 2. The number of aromatic nitrogens is 1. The van der Waals surface area contributed by atoms with Crippen molar-refractivity contribution in [2.75, 3.05) is 40.9 Å². The Kier molecular flexibility index (Phi) is 7.75. The molecule has 8 nitrogen and oxygen atoms in total. The zero-order valence-electron chi connectivity index (χ0n) is 19.2. The summed E-state index contributed by atoms with van der Waals surface area (Å²) in [6.07, 6.45) is 4.80. The van der Waals surface area contributed by atoms with E-state index in [9.17, 15) is 4.79 Å². The molecule has 0 unspecified atom stereocenters. The van der Waals surface area contributed by atoms with E-state index in [0.717, 1.165) is 5.56 Å². The van der Waals surface area contributed by atoms with Crippen LogP contribution in [0.5, 0.6) is 28.7 Å². The second kappa shape index (κ2) is 10.9. The predicted molar refractivity (Wildman–Crippen MR) is 127 cm³/mol. The molecule has 172 valence electrons. The topological polar surface area (TPSA) is 88.1 Å². The SMILES string of the molecule is COc1ccc(/C=C/C(=O)c2cccnc2Nc2cc(OC)c(OC)c(OC)c2)cc1OC. The molecule has 0 spiro atoms. The van der Waals surface area contributed by atoms with Gasteiger partial charge in [0.25, 0.3) is 0 Å². The number of carbonyl (C=O) groups is 1. The fourth-order valence-corrected chi connectivity index (χ4v) is 3.21. The van der Waals surface area contributed by atoms with E-state index < -0.39 is 0 Å². The van der Waals surface area contributed by atoms with Gasteiger partial charge in [0.1, 0.15) is 5.82 Å². The molecule has 0 aliphatic heterocycles. The van der Waals surface area contributed by atoms with E-state index in [-0.39, 0.29) is 5.78 Å². The van der Waals surface area contributed by atoms with Crippen LogP contribution in [-0.4, -0.2) is 46.3 Å². The van der Waals surface area contributed by atoms with Crippen molar-refractivity contribution in [3.05, 3.63) is 65.9 Å². The highest BCUT2D eigenvalue weighted by Gasteiger charge is 2.16. The molecule has 1 N–H and O–H groups in total. The summed E-state index contributed by atoms with van der Waals surface area (Å²) in [5.41, 5.74) is 1.83. The first kappa shape index (κ1) is 23.5. The molecule has 0 saturated carbocycles. The lowest BCUT2D eigenvalue weighted by atomic mass is 10.1. The van der Waals surface area contributed by atoms with Gasteiger partial charge in [0.05, 0.1) is 41.1 Å². The Morgan fingerprint density at radius 3 is 2.09 bits per heavy atom. The lowest BCUT2D eigenvalue weighted by Gasteiger charge is -2.15. The van der Waals surface area contributed by atoms with Gasteiger partial charge in [-0.25, -0.2) is 4.98 Å². The Labute approximate surface area is 192 Å². The van der Waals surface area contributed by atoms with Crippen LogP contribution in [-0.2, 0) is 0 Å². The monoisotopic (exact) mass is 450 g/mol. The molecule has 1 aromatic heterocycles.